The molecule has 1 atom stereocenters. The van der Waals surface area contributed by atoms with E-state index < -0.39 is 0 Å². The molecule has 0 saturated heterocycles. The molecule has 0 bridgehead atoms. The van der Waals surface area contributed by atoms with Crippen LogP contribution in [0.5, 0.6) is 0 Å². The van der Waals surface area contributed by atoms with Crippen LogP contribution in [0.3, 0.4) is 0 Å². The van der Waals surface area contributed by atoms with Crippen molar-refractivity contribution < 1.29 is 14.3 Å². The lowest BCUT2D eigenvalue weighted by molar-refractivity contribution is 0.0195. The van der Waals surface area contributed by atoms with Crippen molar-refractivity contribution in [3.8, 4) is 11.4 Å². The predicted octanol–water partition coefficient (Wildman–Crippen LogP) is 3.59. The summed E-state index contributed by atoms with van der Waals surface area (Å²) in [6, 6.07) is 9.76. The zero-order valence-electron chi connectivity index (χ0n) is 13.5. The molecule has 0 radical (unpaired) electrons. The molecular weight excluding hydrogens is 280 g/mol. The van der Waals surface area contributed by atoms with E-state index in [4.69, 9.17) is 9.47 Å². The Morgan fingerprint density at radius 3 is 2.50 bits per heavy atom. The number of carbonyl (C=O) groups is 1. The van der Waals surface area contributed by atoms with Gasteiger partial charge in [0.1, 0.15) is 12.1 Å². The highest BCUT2D eigenvalue weighted by molar-refractivity contribution is 5.90. The highest BCUT2D eigenvalue weighted by Crippen LogP contribution is 2.27. The van der Waals surface area contributed by atoms with Gasteiger partial charge in [0.25, 0.3) is 0 Å². The van der Waals surface area contributed by atoms with Crippen molar-refractivity contribution in [2.45, 2.75) is 33.9 Å². The molecule has 0 fully saturated rings. The third-order valence-electron chi connectivity index (χ3n) is 3.36. The van der Waals surface area contributed by atoms with Crippen molar-refractivity contribution in [2.24, 2.45) is 0 Å². The molecule has 0 N–H and O–H groups in total. The number of hydrogen-bond acceptors (Lipinski definition) is 4. The summed E-state index contributed by atoms with van der Waals surface area (Å²) in [6.45, 7) is 8.31. The van der Waals surface area contributed by atoms with Crippen LogP contribution in [0.1, 0.15) is 43.2 Å². The molecule has 118 valence electrons. The van der Waals surface area contributed by atoms with E-state index in [0.717, 1.165) is 5.56 Å². The summed E-state index contributed by atoms with van der Waals surface area (Å²) in [7, 11) is 0. The summed E-state index contributed by atoms with van der Waals surface area (Å²) < 4.78 is 12.7. The fourth-order valence-electron chi connectivity index (χ4n) is 2.45. The van der Waals surface area contributed by atoms with Gasteiger partial charge in [-0.15, -0.1) is 0 Å². The average Bonchev–Trinajstić information content (AvgIpc) is 2.86. The first-order valence-electron chi connectivity index (χ1n) is 7.53. The molecule has 1 heterocycles. The summed E-state index contributed by atoms with van der Waals surface area (Å²) in [5.74, 6) is 0.336. The van der Waals surface area contributed by atoms with Crippen molar-refractivity contribution in [2.75, 3.05) is 13.2 Å². The quantitative estimate of drug-likeness (QED) is 0.765. The minimum absolute atomic E-state index is 0.305. The maximum absolute atomic E-state index is 12.3. The van der Waals surface area contributed by atoms with Gasteiger partial charge >= 0.3 is 5.97 Å². The molecule has 1 aromatic carbocycles. The van der Waals surface area contributed by atoms with Gasteiger partial charge in [0.2, 0.25) is 0 Å². The van der Waals surface area contributed by atoms with E-state index in [-0.39, 0.29) is 12.2 Å². The van der Waals surface area contributed by atoms with Gasteiger partial charge < -0.3 is 9.47 Å². The van der Waals surface area contributed by atoms with E-state index in [1.165, 1.54) is 0 Å². The van der Waals surface area contributed by atoms with Crippen LogP contribution in [0, 0.1) is 6.92 Å². The van der Waals surface area contributed by atoms with E-state index in [1.807, 2.05) is 55.7 Å². The lowest BCUT2D eigenvalue weighted by Gasteiger charge is -2.19. The van der Waals surface area contributed by atoms with Crippen LogP contribution < -0.4 is 0 Å². The molecule has 0 aliphatic rings. The fourth-order valence-corrected chi connectivity index (χ4v) is 2.45. The number of ether oxygens (including phenoxy) is 2. The molecule has 5 heteroatoms. The minimum atomic E-state index is -0.374. The molecule has 2 rings (SSSR count). The number of carbonyl (C=O) groups excluding carboxylic acids is 1. The van der Waals surface area contributed by atoms with E-state index >= 15 is 0 Å². The number of benzene rings is 1. The predicted molar refractivity (Wildman–Crippen MR) is 84.7 cm³/mol. The molecule has 0 spiro atoms. The molecule has 5 nitrogen and oxygen atoms in total. The van der Waals surface area contributed by atoms with Gasteiger partial charge in [0.15, 0.2) is 5.69 Å². The van der Waals surface area contributed by atoms with Gasteiger partial charge in [-0.25, -0.2) is 9.78 Å². The largest absolute Gasteiger partial charge is 0.461 e. The van der Waals surface area contributed by atoms with Crippen LogP contribution in [0.15, 0.2) is 30.3 Å². The standard InChI is InChI=1S/C17H22N2O3/c1-5-21-13(4)19-15(17(20)22-6-2)12(3)18-16(19)14-10-8-7-9-11-14/h7-11,13H,5-6H2,1-4H3. The van der Waals surface area contributed by atoms with Crippen LogP contribution in [-0.2, 0) is 9.47 Å². The monoisotopic (exact) mass is 302 g/mol. The Kier molecular flexibility index (Phi) is 5.33. The number of imidazole rings is 1. The van der Waals surface area contributed by atoms with Crippen LogP contribution in [-0.4, -0.2) is 28.7 Å². The minimum Gasteiger partial charge on any atom is -0.461 e. The molecular formula is C17H22N2O3. The first kappa shape index (κ1) is 16.2. The Morgan fingerprint density at radius 2 is 1.91 bits per heavy atom. The average molecular weight is 302 g/mol. The molecule has 1 aromatic heterocycles. The topological polar surface area (TPSA) is 53.3 Å². The van der Waals surface area contributed by atoms with Gasteiger partial charge in [-0.05, 0) is 27.7 Å². The summed E-state index contributed by atoms with van der Waals surface area (Å²) in [5.41, 5.74) is 2.03. The molecule has 22 heavy (non-hydrogen) atoms. The van der Waals surface area contributed by atoms with Gasteiger partial charge in [-0.3, -0.25) is 4.57 Å². The Morgan fingerprint density at radius 1 is 1.23 bits per heavy atom. The SMILES string of the molecule is CCOC(=O)c1c(C)nc(-c2ccccc2)n1C(C)OCC. The lowest BCUT2D eigenvalue weighted by Crippen LogP contribution is -2.19. The second-order valence-corrected chi connectivity index (χ2v) is 4.88. The van der Waals surface area contributed by atoms with Crippen LogP contribution >= 0.6 is 0 Å². The summed E-state index contributed by atoms with van der Waals surface area (Å²) in [6.07, 6.45) is -0.305. The zero-order chi connectivity index (χ0) is 16.1. The van der Waals surface area contributed by atoms with Gasteiger partial charge in [0.05, 0.1) is 12.3 Å². The van der Waals surface area contributed by atoms with E-state index in [1.54, 1.807) is 6.92 Å². The van der Waals surface area contributed by atoms with Crippen LogP contribution in [0.4, 0.5) is 0 Å². The van der Waals surface area contributed by atoms with Crippen molar-refractivity contribution >= 4 is 5.97 Å². The number of aryl methyl sites for hydroxylation is 1. The Bertz CT molecular complexity index is 635. The van der Waals surface area contributed by atoms with Crippen LogP contribution in [0.2, 0.25) is 0 Å². The zero-order valence-corrected chi connectivity index (χ0v) is 13.5. The smallest absolute Gasteiger partial charge is 0.356 e. The molecule has 0 aliphatic heterocycles. The second kappa shape index (κ2) is 7.22. The van der Waals surface area contributed by atoms with Gasteiger partial charge in [0, 0.05) is 12.2 Å². The Hall–Kier alpha value is -2.14. The summed E-state index contributed by atoms with van der Waals surface area (Å²) in [5, 5.41) is 0. The third-order valence-corrected chi connectivity index (χ3v) is 3.36. The number of esters is 1. The van der Waals surface area contributed by atoms with Crippen molar-refractivity contribution in [3.05, 3.63) is 41.7 Å². The molecule has 0 saturated carbocycles. The summed E-state index contributed by atoms with van der Waals surface area (Å²) >= 11 is 0. The van der Waals surface area contributed by atoms with Crippen molar-refractivity contribution in [1.29, 1.82) is 0 Å². The van der Waals surface area contributed by atoms with E-state index in [2.05, 4.69) is 4.98 Å². The third kappa shape index (κ3) is 3.20. The lowest BCUT2D eigenvalue weighted by atomic mass is 10.2. The molecule has 0 amide bonds. The number of nitrogens with zero attached hydrogens (tertiary/aromatic N) is 2. The molecule has 0 aliphatic carbocycles. The highest BCUT2D eigenvalue weighted by Gasteiger charge is 2.25. The Labute approximate surface area is 130 Å². The first-order chi connectivity index (χ1) is 10.6. The molecule has 2 aromatic rings. The normalized spacial score (nSPS) is 12.2. The van der Waals surface area contributed by atoms with Crippen LogP contribution in [0.25, 0.3) is 11.4 Å². The Balaban J connectivity index is 2.59. The first-order valence-corrected chi connectivity index (χ1v) is 7.53. The molecule has 1 unspecified atom stereocenters. The van der Waals surface area contributed by atoms with Gasteiger partial charge in [-0.1, -0.05) is 30.3 Å². The number of rotatable bonds is 6. The maximum Gasteiger partial charge on any atom is 0.356 e. The second-order valence-electron chi connectivity index (χ2n) is 4.88. The maximum atomic E-state index is 12.3. The summed E-state index contributed by atoms with van der Waals surface area (Å²) in [4.78, 5) is 16.9. The van der Waals surface area contributed by atoms with Gasteiger partial charge in [-0.2, -0.15) is 0 Å². The highest BCUT2D eigenvalue weighted by atomic mass is 16.5. The number of hydrogen-bond donors (Lipinski definition) is 0. The van der Waals surface area contributed by atoms with E-state index in [0.29, 0.717) is 30.4 Å². The van der Waals surface area contributed by atoms with Crippen molar-refractivity contribution in [1.82, 2.24) is 9.55 Å². The van der Waals surface area contributed by atoms with Crippen molar-refractivity contribution in [3.63, 3.8) is 0 Å². The number of aromatic nitrogens is 2. The van der Waals surface area contributed by atoms with E-state index in [9.17, 15) is 4.79 Å². The fraction of sp³-hybridized carbons (Fsp3) is 0.412.